The standard InChI is InChI=1S/C19H23N3O/c23-19(17-6-11-20-12-7-17)21-18-9-14-22(15-10-18)13-8-16-4-2-1-3-5-16/h1-7,11-12,18H,8-10,13-15H2,(H,21,23). The summed E-state index contributed by atoms with van der Waals surface area (Å²) in [6.07, 6.45) is 6.44. The fourth-order valence-electron chi connectivity index (χ4n) is 3.00. The highest BCUT2D eigenvalue weighted by atomic mass is 16.1. The maximum Gasteiger partial charge on any atom is 0.251 e. The van der Waals surface area contributed by atoms with Crippen molar-refractivity contribution >= 4 is 5.91 Å². The minimum absolute atomic E-state index is 0.00938. The number of hydrogen-bond acceptors (Lipinski definition) is 3. The van der Waals surface area contributed by atoms with E-state index in [0.29, 0.717) is 5.56 Å². The van der Waals surface area contributed by atoms with Crippen molar-refractivity contribution < 1.29 is 4.79 Å². The third-order valence-corrected chi connectivity index (χ3v) is 4.42. The van der Waals surface area contributed by atoms with Gasteiger partial charge in [-0.15, -0.1) is 0 Å². The third-order valence-electron chi connectivity index (χ3n) is 4.42. The van der Waals surface area contributed by atoms with E-state index in [2.05, 4.69) is 45.5 Å². The molecule has 0 spiro atoms. The largest absolute Gasteiger partial charge is 0.349 e. The van der Waals surface area contributed by atoms with Crippen LogP contribution in [0.5, 0.6) is 0 Å². The van der Waals surface area contributed by atoms with Gasteiger partial charge in [-0.1, -0.05) is 30.3 Å². The third kappa shape index (κ3) is 4.63. The van der Waals surface area contributed by atoms with Crippen molar-refractivity contribution in [3.8, 4) is 0 Å². The molecule has 0 aliphatic carbocycles. The summed E-state index contributed by atoms with van der Waals surface area (Å²) in [7, 11) is 0. The maximum absolute atomic E-state index is 12.2. The van der Waals surface area contributed by atoms with Crippen LogP contribution in [-0.2, 0) is 6.42 Å². The molecule has 1 fully saturated rings. The number of rotatable bonds is 5. The predicted molar refractivity (Wildman–Crippen MR) is 91.3 cm³/mol. The van der Waals surface area contributed by atoms with E-state index in [9.17, 15) is 4.79 Å². The lowest BCUT2D eigenvalue weighted by Gasteiger charge is -2.32. The van der Waals surface area contributed by atoms with Gasteiger partial charge in [-0.2, -0.15) is 0 Å². The highest BCUT2D eigenvalue weighted by molar-refractivity contribution is 5.94. The van der Waals surface area contributed by atoms with Crippen LogP contribution in [0.2, 0.25) is 0 Å². The van der Waals surface area contributed by atoms with Gasteiger partial charge in [0.25, 0.3) is 5.91 Å². The molecule has 2 heterocycles. The van der Waals surface area contributed by atoms with E-state index < -0.39 is 0 Å². The molecule has 23 heavy (non-hydrogen) atoms. The minimum Gasteiger partial charge on any atom is -0.349 e. The van der Waals surface area contributed by atoms with Crippen LogP contribution in [0.3, 0.4) is 0 Å². The van der Waals surface area contributed by atoms with E-state index in [-0.39, 0.29) is 11.9 Å². The molecular weight excluding hydrogens is 286 g/mol. The summed E-state index contributed by atoms with van der Waals surface area (Å²) in [6, 6.07) is 14.4. The average molecular weight is 309 g/mol. The van der Waals surface area contributed by atoms with Crippen LogP contribution >= 0.6 is 0 Å². The zero-order valence-corrected chi connectivity index (χ0v) is 13.3. The molecule has 3 rings (SSSR count). The Hall–Kier alpha value is -2.20. The lowest BCUT2D eigenvalue weighted by molar-refractivity contribution is 0.0911. The molecule has 1 aliphatic rings. The number of aromatic nitrogens is 1. The van der Waals surface area contributed by atoms with Crippen LogP contribution in [0, 0.1) is 0 Å². The molecule has 0 atom stereocenters. The molecule has 1 N–H and O–H groups in total. The number of likely N-dealkylation sites (tertiary alicyclic amines) is 1. The monoisotopic (exact) mass is 309 g/mol. The molecule has 0 radical (unpaired) electrons. The molecule has 120 valence electrons. The minimum atomic E-state index is 0.00938. The Labute approximate surface area is 137 Å². The van der Waals surface area contributed by atoms with E-state index in [0.717, 1.165) is 38.9 Å². The van der Waals surface area contributed by atoms with Crippen molar-refractivity contribution in [2.45, 2.75) is 25.3 Å². The van der Waals surface area contributed by atoms with Crippen molar-refractivity contribution in [3.63, 3.8) is 0 Å². The van der Waals surface area contributed by atoms with E-state index in [1.54, 1.807) is 24.5 Å². The fourth-order valence-corrected chi connectivity index (χ4v) is 3.00. The first-order chi connectivity index (χ1) is 11.3. The van der Waals surface area contributed by atoms with E-state index in [4.69, 9.17) is 0 Å². The number of hydrogen-bond donors (Lipinski definition) is 1. The Bertz CT molecular complexity index is 607. The van der Waals surface area contributed by atoms with Gasteiger partial charge in [-0.05, 0) is 37.0 Å². The van der Waals surface area contributed by atoms with Gasteiger partial charge in [0, 0.05) is 43.6 Å². The van der Waals surface area contributed by atoms with Crippen LogP contribution < -0.4 is 5.32 Å². The summed E-state index contributed by atoms with van der Waals surface area (Å²) in [5.41, 5.74) is 2.08. The summed E-state index contributed by atoms with van der Waals surface area (Å²) < 4.78 is 0. The molecule has 4 nitrogen and oxygen atoms in total. The highest BCUT2D eigenvalue weighted by Gasteiger charge is 2.20. The van der Waals surface area contributed by atoms with Crippen molar-refractivity contribution in [2.75, 3.05) is 19.6 Å². The molecular formula is C19H23N3O. The smallest absolute Gasteiger partial charge is 0.251 e. The molecule has 1 aliphatic heterocycles. The van der Waals surface area contributed by atoms with E-state index in [1.165, 1.54) is 5.56 Å². The number of nitrogens with zero attached hydrogens (tertiary/aromatic N) is 2. The Morgan fingerprint density at radius 2 is 1.78 bits per heavy atom. The first-order valence-corrected chi connectivity index (χ1v) is 8.28. The van der Waals surface area contributed by atoms with Gasteiger partial charge in [-0.25, -0.2) is 0 Å². The Kier molecular flexibility index (Phi) is 5.37. The summed E-state index contributed by atoms with van der Waals surface area (Å²) in [4.78, 5) is 18.6. The van der Waals surface area contributed by atoms with Crippen LogP contribution in [0.4, 0.5) is 0 Å². The first-order valence-electron chi connectivity index (χ1n) is 8.28. The second-order valence-corrected chi connectivity index (χ2v) is 6.06. The SMILES string of the molecule is O=C(NC1CCN(CCc2ccccc2)CC1)c1ccncc1. The van der Waals surface area contributed by atoms with Crippen LogP contribution in [-0.4, -0.2) is 41.5 Å². The summed E-state index contributed by atoms with van der Waals surface area (Å²) in [5, 5.41) is 3.14. The second kappa shape index (κ2) is 7.88. The van der Waals surface area contributed by atoms with Gasteiger partial charge in [0.15, 0.2) is 0 Å². The summed E-state index contributed by atoms with van der Waals surface area (Å²) in [6.45, 7) is 3.19. The molecule has 1 aromatic heterocycles. The second-order valence-electron chi connectivity index (χ2n) is 6.06. The zero-order valence-electron chi connectivity index (χ0n) is 13.3. The average Bonchev–Trinajstić information content (AvgIpc) is 2.63. The predicted octanol–water partition coefficient (Wildman–Crippen LogP) is 2.52. The van der Waals surface area contributed by atoms with E-state index in [1.807, 2.05) is 0 Å². The number of nitrogens with one attached hydrogen (secondary N) is 1. The Morgan fingerprint density at radius 1 is 1.09 bits per heavy atom. The number of carbonyl (C=O) groups is 1. The maximum atomic E-state index is 12.2. The molecule has 0 bridgehead atoms. The molecule has 4 heteroatoms. The van der Waals surface area contributed by atoms with Crippen molar-refractivity contribution in [1.29, 1.82) is 0 Å². The van der Waals surface area contributed by atoms with Crippen molar-refractivity contribution in [1.82, 2.24) is 15.2 Å². The van der Waals surface area contributed by atoms with Gasteiger partial charge < -0.3 is 10.2 Å². The molecule has 1 amide bonds. The number of benzene rings is 1. The first kappa shape index (κ1) is 15.7. The van der Waals surface area contributed by atoms with Crippen LogP contribution in [0.1, 0.15) is 28.8 Å². The number of piperidine rings is 1. The number of carbonyl (C=O) groups excluding carboxylic acids is 1. The lowest BCUT2D eigenvalue weighted by Crippen LogP contribution is -2.45. The summed E-state index contributed by atoms with van der Waals surface area (Å²) in [5.74, 6) is 0.00938. The Morgan fingerprint density at radius 3 is 2.48 bits per heavy atom. The van der Waals surface area contributed by atoms with Crippen LogP contribution in [0.15, 0.2) is 54.9 Å². The molecule has 0 saturated carbocycles. The molecule has 1 saturated heterocycles. The molecule has 0 unspecified atom stereocenters. The van der Waals surface area contributed by atoms with Crippen molar-refractivity contribution in [3.05, 3.63) is 66.0 Å². The van der Waals surface area contributed by atoms with Gasteiger partial charge in [0.1, 0.15) is 0 Å². The zero-order chi connectivity index (χ0) is 15.9. The Balaban J connectivity index is 1.41. The fraction of sp³-hybridized carbons (Fsp3) is 0.368. The topological polar surface area (TPSA) is 45.2 Å². The number of amides is 1. The summed E-state index contributed by atoms with van der Waals surface area (Å²) >= 11 is 0. The van der Waals surface area contributed by atoms with Gasteiger partial charge in [-0.3, -0.25) is 9.78 Å². The highest BCUT2D eigenvalue weighted by Crippen LogP contribution is 2.12. The molecule has 1 aromatic carbocycles. The van der Waals surface area contributed by atoms with Crippen LogP contribution in [0.25, 0.3) is 0 Å². The van der Waals surface area contributed by atoms with Gasteiger partial charge >= 0.3 is 0 Å². The normalized spacial score (nSPS) is 16.2. The lowest BCUT2D eigenvalue weighted by atomic mass is 10.0. The molecule has 2 aromatic rings. The van der Waals surface area contributed by atoms with Gasteiger partial charge in [0.2, 0.25) is 0 Å². The van der Waals surface area contributed by atoms with Gasteiger partial charge in [0.05, 0.1) is 0 Å². The quantitative estimate of drug-likeness (QED) is 0.923. The van der Waals surface area contributed by atoms with Crippen molar-refractivity contribution in [2.24, 2.45) is 0 Å². The van der Waals surface area contributed by atoms with E-state index >= 15 is 0 Å². The number of pyridine rings is 1.